The van der Waals surface area contributed by atoms with Crippen LogP contribution >= 0.6 is 27.5 Å². The monoisotopic (exact) mass is 1220 g/mol. The zero-order chi connectivity index (χ0) is 59.7. The lowest BCUT2D eigenvalue weighted by atomic mass is 9.97. The van der Waals surface area contributed by atoms with Crippen LogP contribution in [0.25, 0.3) is 0 Å². The van der Waals surface area contributed by atoms with Crippen molar-refractivity contribution in [3.8, 4) is 23.0 Å². The zero-order valence-electron chi connectivity index (χ0n) is 48.3. The summed E-state index contributed by atoms with van der Waals surface area (Å²) in [6, 6.07) is 14.1. The van der Waals surface area contributed by atoms with E-state index in [1.807, 2.05) is 47.7 Å². The van der Waals surface area contributed by atoms with Gasteiger partial charge in [-0.3, -0.25) is 29.1 Å². The predicted molar refractivity (Wildman–Crippen MR) is 312 cm³/mol. The molecule has 0 unspecified atom stereocenters. The number of amides is 5. The maximum atomic E-state index is 15.7. The summed E-state index contributed by atoms with van der Waals surface area (Å²) in [4.78, 5) is 89.1. The van der Waals surface area contributed by atoms with E-state index in [-0.39, 0.29) is 44.6 Å². The molecule has 3 heterocycles. The Labute approximate surface area is 488 Å². The number of fused-ring (bicyclic) bond motifs is 9. The van der Waals surface area contributed by atoms with Crippen molar-refractivity contribution >= 4 is 77.2 Å². The molecule has 0 aliphatic carbocycles. The van der Waals surface area contributed by atoms with Gasteiger partial charge < -0.3 is 49.7 Å². The lowest BCUT2D eigenvalue weighted by Gasteiger charge is -2.42. The lowest BCUT2D eigenvalue weighted by Crippen LogP contribution is -2.60. The van der Waals surface area contributed by atoms with Gasteiger partial charge in [0.15, 0.2) is 20.1 Å². The summed E-state index contributed by atoms with van der Waals surface area (Å²) in [5.74, 6) is -4.04. The number of rotatable bonds is 17. The summed E-state index contributed by atoms with van der Waals surface area (Å²) in [5.41, 5.74) is 0.827. The van der Waals surface area contributed by atoms with Crippen molar-refractivity contribution in [3.05, 3.63) is 111 Å². The van der Waals surface area contributed by atoms with Crippen LogP contribution in [0.4, 0.5) is 10.5 Å². The van der Waals surface area contributed by atoms with E-state index in [4.69, 9.17) is 35.0 Å². The Morgan fingerprint density at radius 3 is 1.98 bits per heavy atom. The molecule has 4 aromatic rings. The first-order valence-electron chi connectivity index (χ1n) is 26.8. The maximum Gasteiger partial charge on any atom is 0.410 e. The van der Waals surface area contributed by atoms with Crippen LogP contribution in [0.3, 0.4) is 0 Å². The van der Waals surface area contributed by atoms with Gasteiger partial charge in [0, 0.05) is 24.6 Å². The van der Waals surface area contributed by atoms with Crippen molar-refractivity contribution in [2.24, 2.45) is 16.3 Å². The highest BCUT2D eigenvalue weighted by Gasteiger charge is 2.46. The SMILES string of the molecule is COc1ccc(C(NC(=O)C[C@@H]2NC(=O)[C@H](NC(=O)[C@@H](CC(C)C)N(C)C(=O)OC(C)(C)C)[C@H](O[Si](C)(C)C(C)(C)C)c3ccc(c(Cl)c3)Oc3cc(cc(Br)c3N=NN3CCCC3)[C@H](C(=O)O)NC2=O)c2ccc(OC)cc2)cc1. The van der Waals surface area contributed by atoms with E-state index in [0.717, 1.165) is 12.8 Å². The third kappa shape index (κ3) is 16.7. The molecule has 5 N–H and O–H groups in total. The Kier molecular flexibility index (Phi) is 21.1. The van der Waals surface area contributed by atoms with Gasteiger partial charge >= 0.3 is 12.1 Å². The molecule has 1 saturated heterocycles. The molecule has 0 spiro atoms. The minimum Gasteiger partial charge on any atom is -0.497 e. The van der Waals surface area contributed by atoms with Crippen LogP contribution in [0.1, 0.15) is 122 Å². The topological polar surface area (TPSA) is 248 Å². The molecule has 5 atom stereocenters. The van der Waals surface area contributed by atoms with Crippen LogP contribution in [-0.4, -0.2) is 117 Å². The molecule has 5 amide bonds. The standard InChI is InChI=1S/C58H76BrClN8O12Si/c1-33(2)28-43(67(9)56(75)79-57(3,4)5)53(71)64-50-51(80-81(12,13)58(6,7)8)36-20-25-44(41(60)30-36)78-45-31-37(29-40(59)49(45)65-66-68-26-14-15-27-68)48(55(73)74)63-52(70)42(61-54(50)72)32-46(69)62-47(34-16-21-38(76-10)22-17-34)35-18-23-39(77-11)24-19-35/h16-25,29-31,33,42-43,47-48,50-51H,14-15,26-28,32H2,1-13H3,(H,61,72)(H,62,69)(H,63,70)(H,64,71)(H,73,74)/t42-,43+,48+,50+,51+/m0/s1. The van der Waals surface area contributed by atoms with E-state index in [9.17, 15) is 19.5 Å². The Morgan fingerprint density at radius 1 is 0.864 bits per heavy atom. The molecular weight excluding hydrogens is 1140 g/mol. The molecule has 4 bridgehead atoms. The fourth-order valence-electron chi connectivity index (χ4n) is 8.79. The second-order valence-electron chi connectivity index (χ2n) is 23.1. The van der Waals surface area contributed by atoms with Crippen molar-refractivity contribution in [1.82, 2.24) is 31.2 Å². The van der Waals surface area contributed by atoms with Gasteiger partial charge in [-0.05, 0) is 151 Å². The quantitative estimate of drug-likeness (QED) is 0.0488. The molecule has 3 aliphatic heterocycles. The molecule has 81 heavy (non-hydrogen) atoms. The Balaban J connectivity index is 1.56. The van der Waals surface area contributed by atoms with Crippen molar-refractivity contribution in [3.63, 3.8) is 0 Å². The van der Waals surface area contributed by atoms with Crippen molar-refractivity contribution < 1.29 is 57.2 Å². The van der Waals surface area contributed by atoms with Crippen LogP contribution in [0.2, 0.25) is 23.2 Å². The lowest BCUT2D eigenvalue weighted by molar-refractivity contribution is -0.143. The number of nitrogens with zero attached hydrogens (tertiary/aromatic N) is 4. The molecule has 438 valence electrons. The zero-order valence-corrected chi connectivity index (χ0v) is 51.6. The molecule has 4 aromatic carbocycles. The van der Waals surface area contributed by atoms with E-state index in [1.54, 1.807) is 86.4 Å². The summed E-state index contributed by atoms with van der Waals surface area (Å²) in [6.07, 6.45) is -0.951. The average Bonchev–Trinajstić information content (AvgIpc) is 3.99. The highest BCUT2D eigenvalue weighted by molar-refractivity contribution is 9.10. The van der Waals surface area contributed by atoms with Gasteiger partial charge in [0.2, 0.25) is 23.6 Å². The Morgan fingerprint density at radius 2 is 1.46 bits per heavy atom. The maximum absolute atomic E-state index is 15.7. The summed E-state index contributed by atoms with van der Waals surface area (Å²) >= 11 is 10.7. The third-order valence-electron chi connectivity index (χ3n) is 14.3. The summed E-state index contributed by atoms with van der Waals surface area (Å²) in [6.45, 7) is 20.1. The highest BCUT2D eigenvalue weighted by Crippen LogP contribution is 2.45. The molecule has 3 aliphatic rings. The molecule has 7 rings (SSSR count). The largest absolute Gasteiger partial charge is 0.497 e. The number of halogens is 2. The number of likely N-dealkylation sites (N-methyl/N-ethyl adjacent to an activating group) is 1. The van der Waals surface area contributed by atoms with Gasteiger partial charge in [0.1, 0.15) is 46.7 Å². The van der Waals surface area contributed by atoms with Crippen LogP contribution in [-0.2, 0) is 33.1 Å². The van der Waals surface area contributed by atoms with E-state index in [1.165, 1.54) is 44.4 Å². The van der Waals surface area contributed by atoms with Crippen LogP contribution in [0, 0.1) is 5.92 Å². The predicted octanol–water partition coefficient (Wildman–Crippen LogP) is 10.9. The minimum atomic E-state index is -3.01. The number of carboxylic acid groups (broad SMARTS) is 1. The number of methoxy groups -OCH3 is 2. The molecule has 0 radical (unpaired) electrons. The molecule has 0 saturated carbocycles. The fraction of sp³-hybridized carbons (Fsp3) is 0.483. The van der Waals surface area contributed by atoms with Crippen molar-refractivity contribution in [2.45, 2.75) is 141 Å². The molecule has 0 aromatic heterocycles. The number of hydrogen-bond acceptors (Lipinski definition) is 13. The van der Waals surface area contributed by atoms with Gasteiger partial charge in [0.25, 0.3) is 0 Å². The first kappa shape index (κ1) is 63.4. The van der Waals surface area contributed by atoms with E-state index in [2.05, 4.69) is 47.5 Å². The van der Waals surface area contributed by atoms with Crippen LogP contribution < -0.4 is 35.5 Å². The third-order valence-corrected chi connectivity index (χ3v) is 19.6. The number of nitrogens with one attached hydrogen (secondary N) is 4. The van der Waals surface area contributed by atoms with Crippen LogP contribution in [0.5, 0.6) is 23.0 Å². The van der Waals surface area contributed by atoms with E-state index >= 15 is 14.4 Å². The molecular formula is C58H76BrClN8O12Si. The van der Waals surface area contributed by atoms with Gasteiger partial charge in [-0.25, -0.2) is 9.59 Å². The Bertz CT molecular complexity index is 2900. The number of carbonyl (C=O) groups is 6. The minimum absolute atomic E-state index is 0.00423. The second-order valence-corrected chi connectivity index (χ2v) is 29.1. The number of hydrogen-bond donors (Lipinski definition) is 5. The normalized spacial score (nSPS) is 18.5. The van der Waals surface area contributed by atoms with Crippen LogP contribution in [0.15, 0.2) is 93.7 Å². The molecule has 23 heteroatoms. The summed E-state index contributed by atoms with van der Waals surface area (Å²) in [5, 5.41) is 32.5. The number of carbonyl (C=O) groups excluding carboxylic acids is 5. The smallest absolute Gasteiger partial charge is 0.410 e. The average molecular weight is 1220 g/mol. The van der Waals surface area contributed by atoms with Gasteiger partial charge in [-0.2, -0.15) is 0 Å². The van der Waals surface area contributed by atoms with E-state index < -0.39 is 97.4 Å². The van der Waals surface area contributed by atoms with Gasteiger partial charge in [-0.1, -0.05) is 81.8 Å². The number of carboxylic acids is 1. The number of benzene rings is 4. The first-order valence-corrected chi connectivity index (χ1v) is 30.9. The van der Waals surface area contributed by atoms with Gasteiger partial charge in [0.05, 0.1) is 37.8 Å². The Hall–Kier alpha value is -6.75. The van der Waals surface area contributed by atoms with E-state index in [0.29, 0.717) is 41.3 Å². The molecule has 1 fully saturated rings. The van der Waals surface area contributed by atoms with Crippen molar-refractivity contribution in [2.75, 3.05) is 34.4 Å². The fourth-order valence-corrected chi connectivity index (χ4v) is 10.8. The first-order chi connectivity index (χ1) is 38.0. The van der Waals surface area contributed by atoms with Crippen molar-refractivity contribution in [1.29, 1.82) is 0 Å². The van der Waals surface area contributed by atoms with Gasteiger partial charge in [-0.15, -0.1) is 5.11 Å². The number of ether oxygens (including phenoxy) is 4. The summed E-state index contributed by atoms with van der Waals surface area (Å²) in [7, 11) is 1.48. The second kappa shape index (κ2) is 26.9. The number of aliphatic carboxylic acids is 1. The summed E-state index contributed by atoms with van der Waals surface area (Å²) < 4.78 is 30.5. The highest BCUT2D eigenvalue weighted by atomic mass is 79.9. The molecule has 20 nitrogen and oxygen atoms in total.